The lowest BCUT2D eigenvalue weighted by atomic mass is 10.1. The van der Waals surface area contributed by atoms with Crippen LogP contribution in [-0.2, 0) is 18.4 Å². The minimum absolute atomic E-state index is 0.0768. The minimum atomic E-state index is -0.852. The molecule has 2 N–H and O–H groups in total. The van der Waals surface area contributed by atoms with E-state index in [1.807, 2.05) is 60.7 Å². The monoisotopic (exact) mass is 368 g/mol. The second-order valence-electron chi connectivity index (χ2n) is 5.76. The summed E-state index contributed by atoms with van der Waals surface area (Å²) < 4.78 is 1.72. The maximum atomic E-state index is 12.0. The minimum Gasteiger partial charge on any atom is -0.380 e. The molecule has 26 heavy (non-hydrogen) atoms. The molecular formula is C19H20N4O2S. The van der Waals surface area contributed by atoms with Crippen molar-refractivity contribution in [2.45, 2.75) is 17.8 Å². The molecule has 0 bridgehead atoms. The maximum Gasteiger partial charge on any atom is 0.230 e. The largest absolute Gasteiger partial charge is 0.380 e. The van der Waals surface area contributed by atoms with Gasteiger partial charge in [0, 0.05) is 13.6 Å². The third kappa shape index (κ3) is 4.50. The van der Waals surface area contributed by atoms with Crippen molar-refractivity contribution >= 4 is 17.7 Å². The quantitative estimate of drug-likeness (QED) is 0.626. The summed E-state index contributed by atoms with van der Waals surface area (Å²) in [5, 5.41) is 22.1. The van der Waals surface area contributed by atoms with Gasteiger partial charge in [0.2, 0.25) is 5.91 Å². The smallest absolute Gasteiger partial charge is 0.230 e. The van der Waals surface area contributed by atoms with E-state index in [4.69, 9.17) is 0 Å². The molecule has 2 aromatic carbocycles. The summed E-state index contributed by atoms with van der Waals surface area (Å²) >= 11 is 1.29. The highest BCUT2D eigenvalue weighted by molar-refractivity contribution is 7.99. The number of hydrogen-bond donors (Lipinski definition) is 2. The van der Waals surface area contributed by atoms with Crippen LogP contribution in [0, 0.1) is 0 Å². The molecule has 0 unspecified atom stereocenters. The number of carbonyl (C=O) groups excluding carboxylic acids is 1. The fourth-order valence-corrected chi connectivity index (χ4v) is 3.20. The Hall–Kier alpha value is -2.64. The van der Waals surface area contributed by atoms with Crippen LogP contribution >= 0.6 is 11.8 Å². The van der Waals surface area contributed by atoms with Crippen molar-refractivity contribution < 1.29 is 9.90 Å². The van der Waals surface area contributed by atoms with E-state index < -0.39 is 6.10 Å². The van der Waals surface area contributed by atoms with Crippen LogP contribution in [0.2, 0.25) is 0 Å². The normalized spacial score (nSPS) is 11.9. The molecule has 0 radical (unpaired) electrons. The van der Waals surface area contributed by atoms with Crippen LogP contribution in [0.5, 0.6) is 0 Å². The van der Waals surface area contributed by atoms with Gasteiger partial charge >= 0.3 is 0 Å². The molecular weight excluding hydrogens is 348 g/mol. The molecule has 134 valence electrons. The Morgan fingerprint density at radius 2 is 1.77 bits per heavy atom. The topological polar surface area (TPSA) is 80.0 Å². The molecule has 3 rings (SSSR count). The Bertz CT molecular complexity index is 852. The maximum absolute atomic E-state index is 12.0. The van der Waals surface area contributed by atoms with Gasteiger partial charge in [-0.3, -0.25) is 4.79 Å². The molecule has 0 saturated heterocycles. The number of nitrogens with zero attached hydrogens (tertiary/aromatic N) is 3. The lowest BCUT2D eigenvalue weighted by Gasteiger charge is -2.10. The molecule has 0 aliphatic rings. The summed E-state index contributed by atoms with van der Waals surface area (Å²) in [6.07, 6.45) is -0.852. The number of aromatic nitrogens is 3. The SMILES string of the molecule is Cn1c(SCC(=O)NCc2ccccc2)nnc1[C@@H](O)c1ccccc1. The van der Waals surface area contributed by atoms with Crippen LogP contribution in [-0.4, -0.2) is 31.5 Å². The number of benzene rings is 2. The van der Waals surface area contributed by atoms with E-state index in [0.717, 1.165) is 11.1 Å². The van der Waals surface area contributed by atoms with Gasteiger partial charge in [-0.1, -0.05) is 72.4 Å². The molecule has 6 nitrogen and oxygen atoms in total. The predicted octanol–water partition coefficient (Wildman–Crippen LogP) is 2.31. The van der Waals surface area contributed by atoms with Gasteiger partial charge in [0.1, 0.15) is 6.10 Å². The van der Waals surface area contributed by atoms with E-state index in [2.05, 4.69) is 15.5 Å². The van der Waals surface area contributed by atoms with E-state index in [-0.39, 0.29) is 11.7 Å². The number of aliphatic hydroxyl groups excluding tert-OH is 1. The zero-order chi connectivity index (χ0) is 18.4. The summed E-state index contributed by atoms with van der Waals surface area (Å²) in [5.41, 5.74) is 1.80. The number of amides is 1. The van der Waals surface area contributed by atoms with Crippen LogP contribution in [0.1, 0.15) is 23.1 Å². The van der Waals surface area contributed by atoms with Gasteiger partial charge in [0.15, 0.2) is 11.0 Å². The number of aliphatic hydroxyl groups is 1. The summed E-state index contributed by atoms with van der Waals surface area (Å²) in [7, 11) is 1.78. The first-order valence-corrected chi connectivity index (χ1v) is 9.19. The van der Waals surface area contributed by atoms with Gasteiger partial charge in [-0.2, -0.15) is 0 Å². The molecule has 1 aromatic heterocycles. The number of rotatable bonds is 7. The van der Waals surface area contributed by atoms with Gasteiger partial charge in [0.05, 0.1) is 5.75 Å². The zero-order valence-corrected chi connectivity index (χ0v) is 15.2. The van der Waals surface area contributed by atoms with Gasteiger partial charge < -0.3 is 15.0 Å². The van der Waals surface area contributed by atoms with Gasteiger partial charge in [-0.25, -0.2) is 0 Å². The van der Waals surface area contributed by atoms with Crippen molar-refractivity contribution in [1.29, 1.82) is 0 Å². The van der Waals surface area contributed by atoms with E-state index in [0.29, 0.717) is 17.5 Å². The van der Waals surface area contributed by atoms with Crippen LogP contribution < -0.4 is 5.32 Å². The molecule has 0 spiro atoms. The molecule has 0 fully saturated rings. The first-order chi connectivity index (χ1) is 12.6. The Kier molecular flexibility index (Phi) is 6.04. The van der Waals surface area contributed by atoms with E-state index in [9.17, 15) is 9.90 Å². The van der Waals surface area contributed by atoms with Crippen molar-refractivity contribution in [2.75, 3.05) is 5.75 Å². The van der Waals surface area contributed by atoms with Crippen molar-refractivity contribution in [3.63, 3.8) is 0 Å². The van der Waals surface area contributed by atoms with Crippen molar-refractivity contribution in [3.8, 4) is 0 Å². The Balaban J connectivity index is 1.56. The number of carbonyl (C=O) groups is 1. The van der Waals surface area contributed by atoms with Crippen LogP contribution in [0.15, 0.2) is 65.8 Å². The number of thioether (sulfide) groups is 1. The van der Waals surface area contributed by atoms with Crippen molar-refractivity contribution in [2.24, 2.45) is 7.05 Å². The average molecular weight is 368 g/mol. The highest BCUT2D eigenvalue weighted by Gasteiger charge is 2.19. The van der Waals surface area contributed by atoms with Gasteiger partial charge in [-0.05, 0) is 11.1 Å². The second kappa shape index (κ2) is 8.64. The summed E-state index contributed by atoms with van der Waals surface area (Å²) in [6, 6.07) is 19.0. The van der Waals surface area contributed by atoms with E-state index >= 15 is 0 Å². The fraction of sp³-hybridized carbons (Fsp3) is 0.211. The van der Waals surface area contributed by atoms with Gasteiger partial charge in [0.25, 0.3) is 0 Å². The Morgan fingerprint density at radius 1 is 1.12 bits per heavy atom. The standard InChI is InChI=1S/C19H20N4O2S/c1-23-18(17(25)15-10-6-3-7-11-15)21-22-19(23)26-13-16(24)20-12-14-8-4-2-5-9-14/h2-11,17,25H,12-13H2,1H3,(H,20,24)/t17-/m0/s1. The van der Waals surface area contributed by atoms with Crippen LogP contribution in [0.25, 0.3) is 0 Å². The molecule has 1 amide bonds. The lowest BCUT2D eigenvalue weighted by molar-refractivity contribution is -0.118. The zero-order valence-electron chi connectivity index (χ0n) is 14.4. The average Bonchev–Trinajstić information content (AvgIpc) is 3.06. The second-order valence-corrected chi connectivity index (χ2v) is 6.71. The van der Waals surface area contributed by atoms with E-state index in [1.54, 1.807) is 11.6 Å². The lowest BCUT2D eigenvalue weighted by Crippen LogP contribution is -2.24. The molecule has 1 heterocycles. The predicted molar refractivity (Wildman–Crippen MR) is 101 cm³/mol. The Labute approximate surface area is 156 Å². The fourth-order valence-electron chi connectivity index (χ4n) is 2.45. The highest BCUT2D eigenvalue weighted by atomic mass is 32.2. The van der Waals surface area contributed by atoms with Crippen molar-refractivity contribution in [3.05, 3.63) is 77.6 Å². The molecule has 0 aliphatic carbocycles. The summed E-state index contributed by atoms with van der Waals surface area (Å²) in [4.78, 5) is 12.0. The third-order valence-corrected chi connectivity index (χ3v) is 4.91. The Morgan fingerprint density at radius 3 is 2.46 bits per heavy atom. The summed E-state index contributed by atoms with van der Waals surface area (Å²) in [5.74, 6) is 0.607. The van der Waals surface area contributed by atoms with Crippen LogP contribution in [0.3, 0.4) is 0 Å². The van der Waals surface area contributed by atoms with Crippen molar-refractivity contribution in [1.82, 2.24) is 20.1 Å². The van der Waals surface area contributed by atoms with E-state index in [1.165, 1.54) is 11.8 Å². The number of hydrogen-bond acceptors (Lipinski definition) is 5. The van der Waals surface area contributed by atoms with Crippen LogP contribution in [0.4, 0.5) is 0 Å². The number of nitrogens with one attached hydrogen (secondary N) is 1. The molecule has 0 aliphatic heterocycles. The summed E-state index contributed by atoms with van der Waals surface area (Å²) in [6.45, 7) is 0.497. The first kappa shape index (κ1) is 18.2. The molecule has 0 saturated carbocycles. The molecule has 1 atom stereocenters. The van der Waals surface area contributed by atoms with Gasteiger partial charge in [-0.15, -0.1) is 10.2 Å². The third-order valence-electron chi connectivity index (χ3n) is 3.89. The molecule has 7 heteroatoms. The first-order valence-electron chi connectivity index (χ1n) is 8.21. The molecule has 3 aromatic rings. The highest BCUT2D eigenvalue weighted by Crippen LogP contribution is 2.23.